The molecule has 0 radical (unpaired) electrons. The number of nitrogens with zero attached hydrogens (tertiary/aromatic N) is 5. The summed E-state index contributed by atoms with van der Waals surface area (Å²) in [5.74, 6) is 0.592. The molecule has 0 amide bonds. The highest BCUT2D eigenvalue weighted by atomic mass is 19.4. The van der Waals surface area contributed by atoms with Gasteiger partial charge in [-0.3, -0.25) is 4.98 Å². The fraction of sp³-hybridized carbons (Fsp3) is 0.381. The fourth-order valence-electron chi connectivity index (χ4n) is 3.98. The Labute approximate surface area is 175 Å². The molecule has 0 aliphatic carbocycles. The van der Waals surface area contributed by atoms with Crippen LogP contribution in [0.2, 0.25) is 0 Å². The lowest BCUT2D eigenvalue weighted by molar-refractivity contribution is -0.137. The second-order valence-electron chi connectivity index (χ2n) is 7.61. The third-order valence-electron chi connectivity index (χ3n) is 5.59. The Bertz CT molecular complexity index is 1130. The zero-order chi connectivity index (χ0) is 21.6. The van der Waals surface area contributed by atoms with E-state index in [9.17, 15) is 17.6 Å². The van der Waals surface area contributed by atoms with Crippen LogP contribution in [0.25, 0.3) is 10.9 Å². The summed E-state index contributed by atoms with van der Waals surface area (Å²) >= 11 is 0. The maximum Gasteiger partial charge on any atom is 0.417 e. The van der Waals surface area contributed by atoms with E-state index in [4.69, 9.17) is 9.72 Å². The average Bonchev–Trinajstić information content (AvgIpc) is 2.77. The van der Waals surface area contributed by atoms with Crippen LogP contribution >= 0.6 is 0 Å². The molecule has 0 unspecified atom stereocenters. The second-order valence-corrected chi connectivity index (χ2v) is 7.61. The molecule has 0 spiro atoms. The van der Waals surface area contributed by atoms with Gasteiger partial charge in [0, 0.05) is 49.9 Å². The molecule has 0 saturated carbocycles. The summed E-state index contributed by atoms with van der Waals surface area (Å²) in [5.41, 5.74) is 0.945. The summed E-state index contributed by atoms with van der Waals surface area (Å²) in [7, 11) is 0. The number of rotatable bonds is 2. The number of alkyl halides is 3. The van der Waals surface area contributed by atoms with E-state index in [-0.39, 0.29) is 6.54 Å². The SMILES string of the molecule is Fc1ccc2nc(N3CCOCC3)nc(N3CCc4ncc(C(F)(F)F)cc4C3)c2c1. The first-order valence-corrected chi connectivity index (χ1v) is 9.98. The highest BCUT2D eigenvalue weighted by Crippen LogP contribution is 2.34. The van der Waals surface area contributed by atoms with E-state index < -0.39 is 17.6 Å². The molecule has 5 rings (SSSR count). The van der Waals surface area contributed by atoms with E-state index in [1.165, 1.54) is 12.1 Å². The van der Waals surface area contributed by atoms with Crippen molar-refractivity contribution in [3.63, 3.8) is 0 Å². The van der Waals surface area contributed by atoms with Gasteiger partial charge in [0.15, 0.2) is 0 Å². The van der Waals surface area contributed by atoms with Crippen LogP contribution in [0, 0.1) is 5.82 Å². The van der Waals surface area contributed by atoms with Gasteiger partial charge in [0.2, 0.25) is 5.95 Å². The number of pyridine rings is 1. The topological polar surface area (TPSA) is 54.4 Å². The van der Waals surface area contributed by atoms with Crippen molar-refractivity contribution in [3.05, 3.63) is 53.1 Å². The van der Waals surface area contributed by atoms with E-state index in [1.807, 2.05) is 9.80 Å². The summed E-state index contributed by atoms with van der Waals surface area (Å²) in [6.45, 7) is 3.10. The van der Waals surface area contributed by atoms with Crippen molar-refractivity contribution in [1.82, 2.24) is 15.0 Å². The number of halogens is 4. The van der Waals surface area contributed by atoms with Crippen molar-refractivity contribution in [2.75, 3.05) is 42.6 Å². The number of hydrogen-bond donors (Lipinski definition) is 0. The number of hydrogen-bond acceptors (Lipinski definition) is 6. The van der Waals surface area contributed by atoms with Gasteiger partial charge in [-0.25, -0.2) is 9.37 Å². The van der Waals surface area contributed by atoms with Crippen LogP contribution in [0.4, 0.5) is 29.3 Å². The molecule has 0 bridgehead atoms. The minimum Gasteiger partial charge on any atom is -0.378 e. The first-order valence-electron chi connectivity index (χ1n) is 9.98. The molecule has 1 fully saturated rings. The van der Waals surface area contributed by atoms with Crippen LogP contribution in [0.3, 0.4) is 0 Å². The second kappa shape index (κ2) is 7.60. The number of benzene rings is 1. The summed E-state index contributed by atoms with van der Waals surface area (Å²) in [4.78, 5) is 17.2. The minimum atomic E-state index is -4.46. The van der Waals surface area contributed by atoms with E-state index >= 15 is 0 Å². The van der Waals surface area contributed by atoms with Gasteiger partial charge in [0.25, 0.3) is 0 Å². The van der Waals surface area contributed by atoms with Gasteiger partial charge in [-0.15, -0.1) is 0 Å². The maximum atomic E-state index is 14.0. The third kappa shape index (κ3) is 3.87. The van der Waals surface area contributed by atoms with Gasteiger partial charge >= 0.3 is 6.18 Å². The first-order chi connectivity index (χ1) is 14.9. The van der Waals surface area contributed by atoms with Crippen molar-refractivity contribution >= 4 is 22.7 Å². The van der Waals surface area contributed by atoms with E-state index in [0.717, 1.165) is 12.3 Å². The molecular weight excluding hydrogens is 414 g/mol. The van der Waals surface area contributed by atoms with Crippen molar-refractivity contribution in [3.8, 4) is 0 Å². The third-order valence-corrected chi connectivity index (χ3v) is 5.59. The predicted octanol–water partition coefficient (Wildman–Crippen LogP) is 3.58. The standard InChI is InChI=1S/C21H19F4N5O/c22-15-1-2-18-16(10-15)19(28-20(27-18)29-5-7-31-8-6-29)30-4-3-17-13(12-30)9-14(11-26-17)21(23,24)25/h1-2,9-11H,3-8,12H2. The Balaban J connectivity index is 1.57. The van der Waals surface area contributed by atoms with Gasteiger partial charge < -0.3 is 14.5 Å². The van der Waals surface area contributed by atoms with Crippen molar-refractivity contribution in [2.45, 2.75) is 19.1 Å². The molecule has 3 aromatic rings. The predicted molar refractivity (Wildman–Crippen MR) is 107 cm³/mol. The number of anilines is 2. The largest absolute Gasteiger partial charge is 0.417 e. The Hall–Kier alpha value is -3.01. The Morgan fingerprint density at radius 2 is 1.77 bits per heavy atom. The molecule has 2 aliphatic heterocycles. The highest BCUT2D eigenvalue weighted by Gasteiger charge is 2.33. The molecule has 6 nitrogen and oxygen atoms in total. The molecule has 4 heterocycles. The Morgan fingerprint density at radius 1 is 0.968 bits per heavy atom. The molecule has 1 aromatic carbocycles. The number of ether oxygens (including phenoxy) is 1. The lowest BCUT2D eigenvalue weighted by Crippen LogP contribution is -2.38. The van der Waals surface area contributed by atoms with Crippen molar-refractivity contribution in [1.29, 1.82) is 0 Å². The van der Waals surface area contributed by atoms with E-state index in [1.54, 1.807) is 6.07 Å². The number of aromatic nitrogens is 3. The van der Waals surface area contributed by atoms with Crippen LogP contribution < -0.4 is 9.80 Å². The Morgan fingerprint density at radius 3 is 2.55 bits per heavy atom. The van der Waals surface area contributed by atoms with Gasteiger partial charge in [0.05, 0.1) is 24.3 Å². The minimum absolute atomic E-state index is 0.206. The van der Waals surface area contributed by atoms with E-state index in [0.29, 0.717) is 73.2 Å². The molecule has 0 N–H and O–H groups in total. The van der Waals surface area contributed by atoms with Crippen LogP contribution in [-0.2, 0) is 23.9 Å². The van der Waals surface area contributed by atoms with Gasteiger partial charge in [0.1, 0.15) is 11.6 Å². The molecule has 10 heteroatoms. The lowest BCUT2D eigenvalue weighted by Gasteiger charge is -2.32. The summed E-state index contributed by atoms with van der Waals surface area (Å²) in [6.07, 6.45) is -3.11. The van der Waals surface area contributed by atoms with Crippen LogP contribution in [0.5, 0.6) is 0 Å². The normalized spacial score (nSPS) is 17.2. The van der Waals surface area contributed by atoms with Crippen LogP contribution in [-0.4, -0.2) is 47.8 Å². The summed E-state index contributed by atoms with van der Waals surface area (Å²) in [6, 6.07) is 5.45. The maximum absolute atomic E-state index is 14.0. The van der Waals surface area contributed by atoms with Gasteiger partial charge in [-0.1, -0.05) is 0 Å². The van der Waals surface area contributed by atoms with Crippen molar-refractivity contribution < 1.29 is 22.3 Å². The first kappa shape index (κ1) is 19.9. The number of morpholine rings is 1. The molecule has 31 heavy (non-hydrogen) atoms. The van der Waals surface area contributed by atoms with E-state index in [2.05, 4.69) is 9.97 Å². The smallest absolute Gasteiger partial charge is 0.378 e. The van der Waals surface area contributed by atoms with Crippen LogP contribution in [0.1, 0.15) is 16.8 Å². The number of fused-ring (bicyclic) bond motifs is 2. The monoisotopic (exact) mass is 433 g/mol. The quantitative estimate of drug-likeness (QED) is 0.576. The Kier molecular flexibility index (Phi) is 4.88. The van der Waals surface area contributed by atoms with Crippen LogP contribution in [0.15, 0.2) is 30.5 Å². The molecular formula is C21H19F4N5O. The molecule has 2 aromatic heterocycles. The molecule has 2 aliphatic rings. The van der Waals surface area contributed by atoms with Crippen molar-refractivity contribution in [2.24, 2.45) is 0 Å². The average molecular weight is 433 g/mol. The fourth-order valence-corrected chi connectivity index (χ4v) is 3.98. The zero-order valence-corrected chi connectivity index (χ0v) is 16.5. The highest BCUT2D eigenvalue weighted by molar-refractivity contribution is 5.90. The zero-order valence-electron chi connectivity index (χ0n) is 16.5. The molecule has 0 atom stereocenters. The summed E-state index contributed by atoms with van der Waals surface area (Å²) in [5, 5.41) is 0.528. The lowest BCUT2D eigenvalue weighted by atomic mass is 10.0. The molecule has 162 valence electrons. The van der Waals surface area contributed by atoms with Gasteiger partial charge in [-0.2, -0.15) is 18.2 Å². The van der Waals surface area contributed by atoms with Gasteiger partial charge in [-0.05, 0) is 29.8 Å². The summed E-state index contributed by atoms with van der Waals surface area (Å²) < 4.78 is 58.9. The molecule has 1 saturated heterocycles.